The van der Waals surface area contributed by atoms with Crippen LogP contribution in [0.2, 0.25) is 0 Å². The number of nitrogens with zero attached hydrogens (tertiary/aromatic N) is 2. The summed E-state index contributed by atoms with van der Waals surface area (Å²) >= 11 is 0. The predicted molar refractivity (Wildman–Crippen MR) is 92.7 cm³/mol. The number of pyridine rings is 1. The molecule has 2 N–H and O–H groups in total. The van der Waals surface area contributed by atoms with E-state index in [4.69, 9.17) is 0 Å². The van der Waals surface area contributed by atoms with Crippen LogP contribution in [0.4, 0.5) is 10.5 Å². The fourth-order valence-corrected chi connectivity index (χ4v) is 3.73. The number of nitrogens with one attached hydrogen (secondary N) is 2. The van der Waals surface area contributed by atoms with Crippen LogP contribution < -0.4 is 15.5 Å². The number of anilines is 1. The largest absolute Gasteiger partial charge is 0.335 e. The van der Waals surface area contributed by atoms with Gasteiger partial charge in [0.15, 0.2) is 0 Å². The molecule has 1 aromatic rings. The molecule has 0 unspecified atom stereocenters. The van der Waals surface area contributed by atoms with Crippen LogP contribution in [-0.4, -0.2) is 35.6 Å². The second-order valence-corrected chi connectivity index (χ2v) is 6.98. The van der Waals surface area contributed by atoms with Gasteiger partial charge >= 0.3 is 6.03 Å². The van der Waals surface area contributed by atoms with Gasteiger partial charge in [0.05, 0.1) is 11.9 Å². The number of hydrogen-bond donors (Lipinski definition) is 2. The first-order valence-corrected chi connectivity index (χ1v) is 8.92. The van der Waals surface area contributed by atoms with Gasteiger partial charge in [-0.05, 0) is 43.7 Å². The lowest BCUT2D eigenvalue weighted by Gasteiger charge is -2.33. The van der Waals surface area contributed by atoms with Gasteiger partial charge in [0.2, 0.25) is 5.91 Å². The van der Waals surface area contributed by atoms with Crippen molar-refractivity contribution in [1.82, 2.24) is 15.6 Å². The summed E-state index contributed by atoms with van der Waals surface area (Å²) in [6.07, 6.45) is 9.36. The molecule has 1 aliphatic heterocycles. The maximum Gasteiger partial charge on any atom is 0.315 e. The van der Waals surface area contributed by atoms with E-state index in [9.17, 15) is 9.59 Å². The second kappa shape index (κ2) is 7.64. The molecule has 2 aliphatic rings. The maximum atomic E-state index is 12.7. The van der Waals surface area contributed by atoms with Crippen molar-refractivity contribution in [2.75, 3.05) is 11.4 Å². The minimum absolute atomic E-state index is 0.0542. The van der Waals surface area contributed by atoms with Gasteiger partial charge in [-0.3, -0.25) is 9.78 Å². The van der Waals surface area contributed by atoms with Crippen molar-refractivity contribution in [1.29, 1.82) is 0 Å². The van der Waals surface area contributed by atoms with Gasteiger partial charge in [-0.1, -0.05) is 19.8 Å². The molecular formula is C18H26N4O2. The van der Waals surface area contributed by atoms with Gasteiger partial charge in [-0.15, -0.1) is 0 Å². The molecule has 1 aliphatic carbocycles. The summed E-state index contributed by atoms with van der Waals surface area (Å²) < 4.78 is 0. The summed E-state index contributed by atoms with van der Waals surface area (Å²) in [7, 11) is 0. The number of rotatable bonds is 3. The summed E-state index contributed by atoms with van der Waals surface area (Å²) in [4.78, 5) is 30.7. The van der Waals surface area contributed by atoms with Gasteiger partial charge in [-0.25, -0.2) is 4.79 Å². The zero-order chi connectivity index (χ0) is 16.9. The Labute approximate surface area is 143 Å². The zero-order valence-electron chi connectivity index (χ0n) is 14.2. The van der Waals surface area contributed by atoms with Crippen molar-refractivity contribution < 1.29 is 9.59 Å². The third-order valence-electron chi connectivity index (χ3n) is 4.97. The molecule has 24 heavy (non-hydrogen) atoms. The van der Waals surface area contributed by atoms with E-state index >= 15 is 0 Å². The molecule has 6 nitrogen and oxygen atoms in total. The van der Waals surface area contributed by atoms with Gasteiger partial charge in [0.1, 0.15) is 6.04 Å². The van der Waals surface area contributed by atoms with Crippen LogP contribution in [0, 0.1) is 5.92 Å². The van der Waals surface area contributed by atoms with E-state index in [-0.39, 0.29) is 18.0 Å². The van der Waals surface area contributed by atoms with Crippen molar-refractivity contribution in [3.63, 3.8) is 0 Å². The Morgan fingerprint density at radius 2 is 2.12 bits per heavy atom. The number of carbonyl (C=O) groups excluding carboxylic acids is 2. The highest BCUT2D eigenvalue weighted by molar-refractivity contribution is 5.99. The second-order valence-electron chi connectivity index (χ2n) is 6.98. The minimum atomic E-state index is -0.458. The van der Waals surface area contributed by atoms with E-state index in [0.29, 0.717) is 18.9 Å². The van der Waals surface area contributed by atoms with Gasteiger partial charge in [0, 0.05) is 18.8 Å². The lowest BCUT2D eigenvalue weighted by molar-refractivity contribution is -0.121. The fourth-order valence-electron chi connectivity index (χ4n) is 3.73. The van der Waals surface area contributed by atoms with Crippen LogP contribution in [0.25, 0.3) is 0 Å². The van der Waals surface area contributed by atoms with Gasteiger partial charge in [0.25, 0.3) is 0 Å². The molecule has 1 saturated carbocycles. The van der Waals surface area contributed by atoms with Crippen molar-refractivity contribution in [2.45, 2.75) is 57.5 Å². The van der Waals surface area contributed by atoms with Crippen molar-refractivity contribution >= 4 is 17.6 Å². The summed E-state index contributed by atoms with van der Waals surface area (Å²) in [5.74, 6) is 0.600. The number of urea groups is 1. The third kappa shape index (κ3) is 4.04. The Morgan fingerprint density at radius 3 is 2.88 bits per heavy atom. The number of piperidine rings is 1. The molecule has 0 bridgehead atoms. The summed E-state index contributed by atoms with van der Waals surface area (Å²) in [5, 5.41) is 5.91. The average molecular weight is 330 g/mol. The topological polar surface area (TPSA) is 74.3 Å². The molecule has 6 heteroatoms. The third-order valence-corrected chi connectivity index (χ3v) is 4.97. The van der Waals surface area contributed by atoms with E-state index in [1.807, 2.05) is 12.1 Å². The number of hydrogen-bond acceptors (Lipinski definition) is 3. The lowest BCUT2D eigenvalue weighted by atomic mass is 9.87. The Morgan fingerprint density at radius 1 is 1.25 bits per heavy atom. The average Bonchev–Trinajstić information content (AvgIpc) is 2.57. The van der Waals surface area contributed by atoms with Crippen LogP contribution in [0.3, 0.4) is 0 Å². The SMILES string of the molecule is C[C@@H]1CCC[C@@H](NC(=O)N[C@@H]2CCCN(c3cccnc3)C2=O)C1. The van der Waals surface area contributed by atoms with Crippen LogP contribution in [-0.2, 0) is 4.79 Å². The normalized spacial score (nSPS) is 27.6. The van der Waals surface area contributed by atoms with E-state index < -0.39 is 6.04 Å². The van der Waals surface area contributed by atoms with Crippen molar-refractivity contribution in [3.8, 4) is 0 Å². The standard InChI is InChI=1S/C18H26N4O2/c1-13-5-2-6-14(11-13)20-18(24)21-16-8-4-10-22(17(16)23)15-7-3-9-19-12-15/h3,7,9,12-14,16H,2,4-6,8,10-11H2,1H3,(H2,20,21,24)/t13-,14-,16-/m1/s1. The molecular weight excluding hydrogens is 304 g/mol. The van der Waals surface area contributed by atoms with Gasteiger partial charge in [-0.2, -0.15) is 0 Å². The van der Waals surface area contributed by atoms with Crippen LogP contribution in [0.5, 0.6) is 0 Å². The maximum absolute atomic E-state index is 12.7. The highest BCUT2D eigenvalue weighted by Gasteiger charge is 2.31. The monoisotopic (exact) mass is 330 g/mol. The number of carbonyl (C=O) groups is 2. The molecule has 3 atom stereocenters. The Hall–Kier alpha value is -2.11. The number of amides is 3. The highest BCUT2D eigenvalue weighted by Crippen LogP contribution is 2.23. The van der Waals surface area contributed by atoms with E-state index in [2.05, 4.69) is 22.5 Å². The summed E-state index contributed by atoms with van der Waals surface area (Å²) in [6, 6.07) is 3.23. The quantitative estimate of drug-likeness (QED) is 0.894. The van der Waals surface area contributed by atoms with E-state index in [1.54, 1.807) is 17.3 Å². The zero-order valence-corrected chi connectivity index (χ0v) is 14.2. The summed E-state index contributed by atoms with van der Waals surface area (Å²) in [5.41, 5.74) is 0.788. The first-order chi connectivity index (χ1) is 11.6. The fraction of sp³-hybridized carbons (Fsp3) is 0.611. The lowest BCUT2D eigenvalue weighted by Crippen LogP contribution is -2.55. The molecule has 0 spiro atoms. The van der Waals surface area contributed by atoms with Crippen molar-refractivity contribution in [2.24, 2.45) is 5.92 Å². The molecule has 2 fully saturated rings. The van der Waals surface area contributed by atoms with E-state index in [0.717, 1.165) is 31.4 Å². The molecule has 1 saturated heterocycles. The number of aromatic nitrogens is 1. The van der Waals surface area contributed by atoms with Crippen LogP contribution in [0.15, 0.2) is 24.5 Å². The first kappa shape index (κ1) is 16.7. The molecule has 1 aromatic heterocycles. The van der Waals surface area contributed by atoms with Crippen LogP contribution in [0.1, 0.15) is 45.4 Å². The van der Waals surface area contributed by atoms with E-state index in [1.165, 1.54) is 6.42 Å². The van der Waals surface area contributed by atoms with Gasteiger partial charge < -0.3 is 15.5 Å². The molecule has 130 valence electrons. The molecule has 0 radical (unpaired) electrons. The smallest absolute Gasteiger partial charge is 0.315 e. The summed E-state index contributed by atoms with van der Waals surface area (Å²) in [6.45, 7) is 2.90. The molecule has 3 amide bonds. The van der Waals surface area contributed by atoms with Crippen molar-refractivity contribution in [3.05, 3.63) is 24.5 Å². The Kier molecular flexibility index (Phi) is 5.33. The molecule has 0 aromatic carbocycles. The van der Waals surface area contributed by atoms with Crippen LogP contribution >= 0.6 is 0 Å². The Balaban J connectivity index is 1.56. The molecule has 2 heterocycles. The first-order valence-electron chi connectivity index (χ1n) is 8.92. The minimum Gasteiger partial charge on any atom is -0.335 e. The Bertz CT molecular complexity index is 578. The predicted octanol–water partition coefficient (Wildman–Crippen LogP) is 2.45. The highest BCUT2D eigenvalue weighted by atomic mass is 16.2. The molecule has 3 rings (SSSR count).